The second kappa shape index (κ2) is 3.55. The zero-order valence-corrected chi connectivity index (χ0v) is 8.38. The maximum Gasteiger partial charge on any atom is 0.286 e. The monoisotopic (exact) mass is 217 g/mol. The van der Waals surface area contributed by atoms with Gasteiger partial charge in [0, 0.05) is 17.0 Å². The lowest BCUT2D eigenvalue weighted by Crippen LogP contribution is -2.19. The maximum atomic E-state index is 11.7. The Morgan fingerprint density at radius 2 is 2.31 bits per heavy atom. The van der Waals surface area contributed by atoms with E-state index >= 15 is 0 Å². The van der Waals surface area contributed by atoms with Crippen molar-refractivity contribution < 1.29 is 9.16 Å². The summed E-state index contributed by atoms with van der Waals surface area (Å²) in [4.78, 5) is 11.5. The van der Waals surface area contributed by atoms with E-state index < -0.39 is 0 Å². The third kappa shape index (κ3) is 1.35. The molecule has 0 aliphatic heterocycles. The second-order valence-electron chi connectivity index (χ2n) is 3.10. The van der Waals surface area contributed by atoms with Gasteiger partial charge in [-0.05, 0) is 6.07 Å². The molecule has 0 unspecified atom stereocenters. The lowest BCUT2D eigenvalue weighted by Gasteiger charge is -2.12. The van der Waals surface area contributed by atoms with Crippen molar-refractivity contribution in [3.63, 3.8) is 0 Å². The van der Waals surface area contributed by atoms with Crippen molar-refractivity contribution in [2.75, 3.05) is 7.11 Å². The lowest BCUT2D eigenvalue weighted by atomic mass is 10.2. The van der Waals surface area contributed by atoms with Crippen LogP contribution in [0.1, 0.15) is 5.69 Å². The fourth-order valence-corrected chi connectivity index (χ4v) is 1.42. The van der Waals surface area contributed by atoms with Gasteiger partial charge in [0.25, 0.3) is 11.7 Å². The third-order valence-electron chi connectivity index (χ3n) is 2.21. The summed E-state index contributed by atoms with van der Waals surface area (Å²) < 4.78 is 5.84. The predicted molar refractivity (Wildman–Crippen MR) is 55.3 cm³/mol. The minimum atomic E-state index is -0.254. The van der Waals surface area contributed by atoms with E-state index in [-0.39, 0.29) is 16.7 Å². The molecule has 0 N–H and O–H groups in total. The van der Waals surface area contributed by atoms with Crippen LogP contribution in [0.25, 0.3) is 11.0 Å². The van der Waals surface area contributed by atoms with Crippen molar-refractivity contribution >= 4 is 11.0 Å². The molecule has 1 aromatic carbocycles. The Morgan fingerprint density at radius 1 is 1.56 bits per heavy atom. The zero-order valence-electron chi connectivity index (χ0n) is 8.38. The van der Waals surface area contributed by atoms with Crippen LogP contribution in [0, 0.1) is 21.4 Å². The summed E-state index contributed by atoms with van der Waals surface area (Å²) in [6, 6.07) is 6.11. The van der Waals surface area contributed by atoms with Crippen LogP contribution in [0.3, 0.4) is 0 Å². The van der Waals surface area contributed by atoms with Crippen LogP contribution in [0.15, 0.2) is 24.4 Å². The fraction of sp³-hybridized carbons (Fsp3) is 0.100. The minimum Gasteiger partial charge on any atom is -0.804 e. The number of aromatic nitrogens is 2. The van der Waals surface area contributed by atoms with Crippen LogP contribution in [-0.4, -0.2) is 11.8 Å². The molecular weight excluding hydrogens is 210 g/mol. The summed E-state index contributed by atoms with van der Waals surface area (Å²) in [7, 11) is 1.45. The first-order valence-electron chi connectivity index (χ1n) is 4.41. The lowest BCUT2D eigenvalue weighted by molar-refractivity contribution is -0.464. The maximum absolute atomic E-state index is 11.7. The van der Waals surface area contributed by atoms with Gasteiger partial charge in [0.2, 0.25) is 0 Å². The Bertz CT molecular complexity index is 655. The Morgan fingerprint density at radius 3 is 2.94 bits per heavy atom. The molecule has 80 valence electrons. The van der Waals surface area contributed by atoms with Gasteiger partial charge >= 0.3 is 0 Å². The van der Waals surface area contributed by atoms with Gasteiger partial charge in [-0.3, -0.25) is 0 Å². The molecule has 0 amide bonds. The Balaban J connectivity index is 2.93. The van der Waals surface area contributed by atoms with E-state index in [0.717, 1.165) is 6.20 Å². The number of benzene rings is 1. The number of fused-ring (bicyclic) bond motifs is 1. The van der Waals surface area contributed by atoms with Crippen LogP contribution < -0.4 is 9.16 Å². The molecular formula is C10H7N3O3. The van der Waals surface area contributed by atoms with Crippen LogP contribution in [0.2, 0.25) is 0 Å². The van der Waals surface area contributed by atoms with Gasteiger partial charge in [-0.2, -0.15) is 5.26 Å². The summed E-state index contributed by atoms with van der Waals surface area (Å²) in [5.41, 5.74) is 0.0407. The molecule has 0 atom stereocenters. The summed E-state index contributed by atoms with van der Waals surface area (Å²) >= 11 is 0. The molecule has 0 spiro atoms. The molecule has 0 aliphatic rings. The molecule has 16 heavy (non-hydrogen) atoms. The molecule has 1 heterocycles. The number of methoxy groups -OCH3 is 1. The van der Waals surface area contributed by atoms with Crippen LogP contribution >= 0.6 is 0 Å². The van der Waals surface area contributed by atoms with Gasteiger partial charge in [0.05, 0.1) is 11.5 Å². The number of nitrogens with zero attached hydrogens (tertiary/aromatic N) is 3. The molecule has 0 fully saturated rings. The zero-order chi connectivity index (χ0) is 11.7. The molecule has 2 aromatic rings. The number of hydrogen-bond acceptors (Lipinski definition) is 4. The van der Waals surface area contributed by atoms with Gasteiger partial charge in [0.15, 0.2) is 5.69 Å². The van der Waals surface area contributed by atoms with E-state index in [2.05, 4.69) is 0 Å². The Labute approximate surface area is 90.1 Å². The highest BCUT2D eigenvalue weighted by atomic mass is 16.5. The number of nitriles is 1. The predicted octanol–water partition coefficient (Wildman–Crippen LogP) is 0.782. The van der Waals surface area contributed by atoms with E-state index in [1.165, 1.54) is 19.2 Å². The standard InChI is InChI=1S/C10H7N3O3/c1-16-8-2-3-9-10(4-8)13(15)7(5-11)6-12(9)14/h2-4,6H,1H3. The molecule has 0 radical (unpaired) electrons. The molecule has 1 aromatic heterocycles. The summed E-state index contributed by atoms with van der Waals surface area (Å²) in [5, 5.41) is 20.3. The van der Waals surface area contributed by atoms with Crippen LogP contribution in [0.4, 0.5) is 0 Å². The molecule has 0 saturated carbocycles. The largest absolute Gasteiger partial charge is 0.804 e. The van der Waals surface area contributed by atoms with Gasteiger partial charge in [-0.25, -0.2) is 0 Å². The second-order valence-corrected chi connectivity index (χ2v) is 3.10. The van der Waals surface area contributed by atoms with E-state index in [9.17, 15) is 10.1 Å². The van der Waals surface area contributed by atoms with E-state index in [1.54, 1.807) is 12.1 Å². The van der Waals surface area contributed by atoms with Crippen molar-refractivity contribution in [3.8, 4) is 11.8 Å². The Kier molecular flexibility index (Phi) is 2.21. The first kappa shape index (κ1) is 9.98. The quantitative estimate of drug-likeness (QED) is 0.661. The van der Waals surface area contributed by atoms with Crippen molar-refractivity contribution in [3.05, 3.63) is 40.2 Å². The first-order chi connectivity index (χ1) is 7.67. The summed E-state index contributed by atoms with van der Waals surface area (Å²) in [5.74, 6) is 0.451. The molecule has 6 heteroatoms. The molecule has 0 aliphatic carbocycles. The highest BCUT2D eigenvalue weighted by Gasteiger charge is 2.12. The summed E-state index contributed by atoms with van der Waals surface area (Å²) in [6.07, 6.45) is 0.946. The molecule has 0 saturated heterocycles. The first-order valence-corrected chi connectivity index (χ1v) is 4.41. The summed E-state index contributed by atoms with van der Waals surface area (Å²) in [6.45, 7) is 0. The van der Waals surface area contributed by atoms with Crippen molar-refractivity contribution in [1.29, 1.82) is 5.26 Å². The highest BCUT2D eigenvalue weighted by molar-refractivity contribution is 5.74. The fourth-order valence-electron chi connectivity index (χ4n) is 1.42. The molecule has 0 bridgehead atoms. The van der Waals surface area contributed by atoms with E-state index in [4.69, 9.17) is 10.00 Å². The molecule has 6 nitrogen and oxygen atoms in total. The van der Waals surface area contributed by atoms with E-state index in [0.29, 0.717) is 14.9 Å². The SMILES string of the molecule is COc1ccc2c(c1)n([O-])c(C#N)c[n+]2=O. The van der Waals surface area contributed by atoms with Gasteiger partial charge in [-0.1, -0.05) is 0 Å². The van der Waals surface area contributed by atoms with Gasteiger partial charge in [-0.15, -0.1) is 0 Å². The minimum absolute atomic E-state index is 0.105. The number of rotatable bonds is 1. The Hall–Kier alpha value is -2.55. The van der Waals surface area contributed by atoms with Crippen molar-refractivity contribution in [2.24, 2.45) is 0 Å². The van der Waals surface area contributed by atoms with E-state index in [1.807, 2.05) is 0 Å². The third-order valence-corrected chi connectivity index (χ3v) is 2.21. The van der Waals surface area contributed by atoms with Gasteiger partial charge < -0.3 is 14.7 Å². The van der Waals surface area contributed by atoms with Crippen LogP contribution in [0.5, 0.6) is 5.75 Å². The smallest absolute Gasteiger partial charge is 0.286 e. The average molecular weight is 217 g/mol. The molecule has 2 rings (SSSR count). The van der Waals surface area contributed by atoms with Crippen molar-refractivity contribution in [1.82, 2.24) is 4.73 Å². The van der Waals surface area contributed by atoms with Gasteiger partial charge in [0.1, 0.15) is 17.3 Å². The highest BCUT2D eigenvalue weighted by Crippen LogP contribution is 2.18. The normalized spacial score (nSPS) is 10.0. The average Bonchev–Trinajstić information content (AvgIpc) is 2.33. The van der Waals surface area contributed by atoms with Crippen molar-refractivity contribution in [2.45, 2.75) is 0 Å². The topological polar surface area (TPSA) is 84.0 Å². The number of hydrogen-bond donors (Lipinski definition) is 0. The number of ether oxygens (including phenoxy) is 1. The van der Waals surface area contributed by atoms with Crippen LogP contribution in [-0.2, 0) is 0 Å².